The van der Waals surface area contributed by atoms with Crippen molar-refractivity contribution in [1.29, 1.82) is 0 Å². The Kier molecular flexibility index (Phi) is 4.63. The number of nitrogens with one attached hydrogen (secondary N) is 1. The Morgan fingerprint density at radius 1 is 1.00 bits per heavy atom. The van der Waals surface area contributed by atoms with E-state index in [9.17, 15) is 4.79 Å². The lowest BCUT2D eigenvalue weighted by Gasteiger charge is -2.15. The molecule has 23 heavy (non-hydrogen) atoms. The Hall–Kier alpha value is -2.32. The van der Waals surface area contributed by atoms with Crippen LogP contribution in [0.4, 0.5) is 0 Å². The number of fused-ring (bicyclic) bond motifs is 1. The van der Waals surface area contributed by atoms with E-state index in [1.54, 1.807) is 0 Å². The molecule has 3 rings (SSSR count). The van der Waals surface area contributed by atoms with Crippen molar-refractivity contribution in [2.24, 2.45) is 0 Å². The maximum Gasteiger partial charge on any atom is 0.224 e. The molecule has 1 unspecified atom stereocenters. The topological polar surface area (TPSA) is 29.1 Å². The van der Waals surface area contributed by atoms with E-state index < -0.39 is 0 Å². The normalized spacial score (nSPS) is 12.1. The summed E-state index contributed by atoms with van der Waals surface area (Å²) in [5.41, 5.74) is 2.02. The summed E-state index contributed by atoms with van der Waals surface area (Å²) >= 11 is 6.00. The summed E-state index contributed by atoms with van der Waals surface area (Å²) in [5.74, 6) is 0.00718. The van der Waals surface area contributed by atoms with Crippen LogP contribution in [0.15, 0.2) is 66.7 Å². The second-order valence-corrected chi connectivity index (χ2v) is 6.14. The van der Waals surface area contributed by atoms with Crippen LogP contribution in [0.3, 0.4) is 0 Å². The predicted molar refractivity (Wildman–Crippen MR) is 95.7 cm³/mol. The van der Waals surface area contributed by atoms with Crippen LogP contribution in [0.1, 0.15) is 24.1 Å². The standard InChI is InChI=1S/C20H18ClNO/c1-14(17-7-4-8-19(21)13-17)22-20(23)12-15-9-10-16-5-2-3-6-18(16)11-15/h2-11,13-14H,12H2,1H3,(H,22,23). The molecule has 1 amide bonds. The number of halogens is 1. The van der Waals surface area contributed by atoms with Crippen molar-refractivity contribution in [3.63, 3.8) is 0 Å². The van der Waals surface area contributed by atoms with Crippen molar-refractivity contribution >= 4 is 28.3 Å². The van der Waals surface area contributed by atoms with Gasteiger partial charge >= 0.3 is 0 Å². The van der Waals surface area contributed by atoms with Gasteiger partial charge < -0.3 is 5.32 Å². The van der Waals surface area contributed by atoms with Gasteiger partial charge in [0.1, 0.15) is 0 Å². The fraction of sp³-hybridized carbons (Fsp3) is 0.150. The molecule has 3 heteroatoms. The van der Waals surface area contributed by atoms with E-state index in [0.717, 1.165) is 16.5 Å². The molecule has 2 nitrogen and oxygen atoms in total. The van der Waals surface area contributed by atoms with E-state index in [0.29, 0.717) is 11.4 Å². The zero-order chi connectivity index (χ0) is 16.2. The van der Waals surface area contributed by atoms with E-state index in [4.69, 9.17) is 11.6 Å². The summed E-state index contributed by atoms with van der Waals surface area (Å²) < 4.78 is 0. The maximum atomic E-state index is 12.3. The molecule has 0 aliphatic carbocycles. The molecule has 0 aromatic heterocycles. The number of hydrogen-bond donors (Lipinski definition) is 1. The van der Waals surface area contributed by atoms with Crippen molar-refractivity contribution in [2.45, 2.75) is 19.4 Å². The van der Waals surface area contributed by atoms with Gasteiger partial charge in [-0.05, 0) is 41.0 Å². The summed E-state index contributed by atoms with van der Waals surface area (Å²) in [6.45, 7) is 1.96. The second-order valence-electron chi connectivity index (χ2n) is 5.70. The SMILES string of the molecule is CC(NC(=O)Cc1ccc2ccccc2c1)c1cccc(Cl)c1. The molecule has 116 valence electrons. The van der Waals surface area contributed by atoms with Crippen LogP contribution < -0.4 is 5.32 Å². The van der Waals surface area contributed by atoms with Gasteiger partial charge in [0.15, 0.2) is 0 Å². The molecule has 0 aliphatic heterocycles. The Labute approximate surface area is 141 Å². The summed E-state index contributed by atoms with van der Waals surface area (Å²) in [4.78, 5) is 12.3. The van der Waals surface area contributed by atoms with E-state index in [1.165, 1.54) is 5.39 Å². The summed E-state index contributed by atoms with van der Waals surface area (Å²) in [7, 11) is 0. The van der Waals surface area contributed by atoms with Gasteiger partial charge in [0, 0.05) is 5.02 Å². The number of carbonyl (C=O) groups excluding carboxylic acids is 1. The summed E-state index contributed by atoms with van der Waals surface area (Å²) in [5, 5.41) is 6.04. The minimum atomic E-state index is -0.0679. The first-order chi connectivity index (χ1) is 11.1. The van der Waals surface area contributed by atoms with Crippen molar-refractivity contribution < 1.29 is 4.79 Å². The highest BCUT2D eigenvalue weighted by Gasteiger charge is 2.10. The van der Waals surface area contributed by atoms with Crippen molar-refractivity contribution in [2.75, 3.05) is 0 Å². The molecule has 0 spiro atoms. The molecule has 0 aliphatic rings. The van der Waals surface area contributed by atoms with Gasteiger partial charge in [0.2, 0.25) is 5.91 Å². The number of rotatable bonds is 4. The first-order valence-electron chi connectivity index (χ1n) is 7.64. The van der Waals surface area contributed by atoms with Crippen molar-refractivity contribution in [1.82, 2.24) is 5.32 Å². The lowest BCUT2D eigenvalue weighted by Crippen LogP contribution is -2.28. The van der Waals surface area contributed by atoms with Crippen LogP contribution >= 0.6 is 11.6 Å². The quantitative estimate of drug-likeness (QED) is 0.726. The average molecular weight is 324 g/mol. The molecule has 0 radical (unpaired) electrons. The van der Waals surface area contributed by atoms with Gasteiger partial charge in [-0.1, -0.05) is 66.2 Å². The fourth-order valence-corrected chi connectivity index (χ4v) is 2.88. The fourth-order valence-electron chi connectivity index (χ4n) is 2.69. The van der Waals surface area contributed by atoms with Gasteiger partial charge in [-0.2, -0.15) is 0 Å². The number of benzene rings is 3. The third-order valence-electron chi connectivity index (χ3n) is 3.90. The Morgan fingerprint density at radius 2 is 1.78 bits per heavy atom. The smallest absolute Gasteiger partial charge is 0.224 e. The first kappa shape index (κ1) is 15.6. The Bertz CT molecular complexity index is 844. The van der Waals surface area contributed by atoms with Gasteiger partial charge in [-0.3, -0.25) is 4.79 Å². The van der Waals surface area contributed by atoms with Crippen LogP contribution in [-0.2, 0) is 11.2 Å². The van der Waals surface area contributed by atoms with Crippen LogP contribution in [0.2, 0.25) is 5.02 Å². The molecule has 1 atom stereocenters. The zero-order valence-corrected chi connectivity index (χ0v) is 13.7. The lowest BCUT2D eigenvalue weighted by molar-refractivity contribution is -0.121. The summed E-state index contributed by atoms with van der Waals surface area (Å²) in [6.07, 6.45) is 0.371. The molecular weight excluding hydrogens is 306 g/mol. The molecule has 1 N–H and O–H groups in total. The minimum Gasteiger partial charge on any atom is -0.349 e. The number of hydrogen-bond acceptors (Lipinski definition) is 1. The largest absolute Gasteiger partial charge is 0.349 e. The molecule has 0 saturated carbocycles. The van der Waals surface area contributed by atoms with E-state index in [-0.39, 0.29) is 11.9 Å². The average Bonchev–Trinajstić information content (AvgIpc) is 2.54. The van der Waals surface area contributed by atoms with Crippen LogP contribution in [0, 0.1) is 0 Å². The second kappa shape index (κ2) is 6.84. The number of carbonyl (C=O) groups is 1. The third kappa shape index (κ3) is 3.91. The minimum absolute atomic E-state index is 0.00718. The highest BCUT2D eigenvalue weighted by molar-refractivity contribution is 6.30. The van der Waals surface area contributed by atoms with Gasteiger partial charge in [-0.15, -0.1) is 0 Å². The number of amides is 1. The van der Waals surface area contributed by atoms with Gasteiger partial charge in [0.25, 0.3) is 0 Å². The van der Waals surface area contributed by atoms with Gasteiger partial charge in [0.05, 0.1) is 12.5 Å². The van der Waals surface area contributed by atoms with Crippen LogP contribution in [0.5, 0.6) is 0 Å². The monoisotopic (exact) mass is 323 g/mol. The summed E-state index contributed by atoms with van der Waals surface area (Å²) in [6, 6.07) is 21.8. The van der Waals surface area contributed by atoms with Crippen LogP contribution in [-0.4, -0.2) is 5.91 Å². The highest BCUT2D eigenvalue weighted by atomic mass is 35.5. The Morgan fingerprint density at radius 3 is 2.57 bits per heavy atom. The van der Waals surface area contributed by atoms with Gasteiger partial charge in [-0.25, -0.2) is 0 Å². The van der Waals surface area contributed by atoms with Crippen molar-refractivity contribution in [3.05, 3.63) is 82.9 Å². The lowest BCUT2D eigenvalue weighted by atomic mass is 10.0. The molecule has 0 heterocycles. The van der Waals surface area contributed by atoms with Crippen molar-refractivity contribution in [3.8, 4) is 0 Å². The molecule has 3 aromatic rings. The van der Waals surface area contributed by atoms with E-state index >= 15 is 0 Å². The zero-order valence-electron chi connectivity index (χ0n) is 12.9. The van der Waals surface area contributed by atoms with E-state index in [1.807, 2.05) is 49.4 Å². The Balaban J connectivity index is 1.68. The first-order valence-corrected chi connectivity index (χ1v) is 8.02. The molecule has 0 saturated heterocycles. The third-order valence-corrected chi connectivity index (χ3v) is 4.14. The molecule has 0 fully saturated rings. The van der Waals surface area contributed by atoms with Crippen LogP contribution in [0.25, 0.3) is 10.8 Å². The molecular formula is C20H18ClNO. The predicted octanol–water partition coefficient (Wildman–Crippen LogP) is 4.91. The molecule has 0 bridgehead atoms. The highest BCUT2D eigenvalue weighted by Crippen LogP contribution is 2.18. The molecule has 3 aromatic carbocycles. The van der Waals surface area contributed by atoms with E-state index in [2.05, 4.69) is 29.6 Å². The maximum absolute atomic E-state index is 12.3.